The molecule has 2 rings (SSSR count). The number of nitrogens with zero attached hydrogens (tertiary/aromatic N) is 2. The van der Waals surface area contributed by atoms with Gasteiger partial charge >= 0.3 is 0 Å². The highest BCUT2D eigenvalue weighted by molar-refractivity contribution is 7.09. The molecule has 78 valence electrons. The van der Waals surface area contributed by atoms with Gasteiger partial charge < -0.3 is 10.4 Å². The quantitative estimate of drug-likeness (QED) is 0.780. The Hall–Kier alpha value is -0.680. The minimum Gasteiger partial charge on any atom is -0.396 e. The zero-order chi connectivity index (χ0) is 9.97. The van der Waals surface area contributed by atoms with Gasteiger partial charge in [-0.3, -0.25) is 0 Å². The summed E-state index contributed by atoms with van der Waals surface area (Å²) in [6, 6.07) is 0.264. The minimum atomic E-state index is 0.211. The zero-order valence-corrected chi connectivity index (χ0v) is 9.05. The van der Waals surface area contributed by atoms with Crippen LogP contribution >= 0.6 is 11.5 Å². The van der Waals surface area contributed by atoms with Crippen molar-refractivity contribution < 1.29 is 5.11 Å². The van der Waals surface area contributed by atoms with Gasteiger partial charge in [-0.25, -0.2) is 4.98 Å². The topological polar surface area (TPSA) is 58.0 Å². The average Bonchev–Trinajstić information content (AvgIpc) is 2.89. The molecule has 0 amide bonds. The molecule has 0 aromatic carbocycles. The standard InChI is InChI=1S/C9H15N3OS/c1-6(4-5-13)10-9-11-8(12-14-9)7-2-3-7/h6-7,13H,2-5H2,1H3,(H,10,11,12). The zero-order valence-electron chi connectivity index (χ0n) is 8.23. The van der Waals surface area contributed by atoms with Crippen molar-refractivity contribution in [3.05, 3.63) is 5.82 Å². The van der Waals surface area contributed by atoms with E-state index < -0.39 is 0 Å². The van der Waals surface area contributed by atoms with Crippen molar-refractivity contribution >= 4 is 16.7 Å². The molecule has 1 heterocycles. The van der Waals surface area contributed by atoms with E-state index >= 15 is 0 Å². The molecule has 0 radical (unpaired) electrons. The molecule has 0 bridgehead atoms. The molecular formula is C9H15N3OS. The van der Waals surface area contributed by atoms with Crippen LogP contribution in [0.25, 0.3) is 0 Å². The van der Waals surface area contributed by atoms with Gasteiger partial charge in [0.2, 0.25) is 5.13 Å². The van der Waals surface area contributed by atoms with Crippen molar-refractivity contribution in [1.29, 1.82) is 0 Å². The third kappa shape index (κ3) is 2.42. The van der Waals surface area contributed by atoms with Gasteiger partial charge in [-0.1, -0.05) is 0 Å². The minimum absolute atomic E-state index is 0.211. The van der Waals surface area contributed by atoms with Crippen molar-refractivity contribution in [3.63, 3.8) is 0 Å². The van der Waals surface area contributed by atoms with Crippen LogP contribution in [0.15, 0.2) is 0 Å². The van der Waals surface area contributed by atoms with Gasteiger partial charge in [0.1, 0.15) is 5.82 Å². The first-order valence-corrected chi connectivity index (χ1v) is 5.78. The van der Waals surface area contributed by atoms with Crippen LogP contribution in [-0.4, -0.2) is 27.1 Å². The summed E-state index contributed by atoms with van der Waals surface area (Å²) in [5.74, 6) is 1.61. The van der Waals surface area contributed by atoms with Crippen molar-refractivity contribution in [2.24, 2.45) is 0 Å². The second kappa shape index (κ2) is 4.23. The number of hydrogen-bond donors (Lipinski definition) is 2. The van der Waals surface area contributed by atoms with E-state index in [4.69, 9.17) is 5.11 Å². The summed E-state index contributed by atoms with van der Waals surface area (Å²) >= 11 is 1.42. The summed E-state index contributed by atoms with van der Waals surface area (Å²) in [7, 11) is 0. The van der Waals surface area contributed by atoms with Gasteiger partial charge in [-0.05, 0) is 26.2 Å². The van der Waals surface area contributed by atoms with E-state index in [2.05, 4.69) is 14.7 Å². The van der Waals surface area contributed by atoms with Gasteiger partial charge in [-0.15, -0.1) is 0 Å². The average molecular weight is 213 g/mol. The van der Waals surface area contributed by atoms with Crippen molar-refractivity contribution in [2.45, 2.75) is 38.1 Å². The van der Waals surface area contributed by atoms with E-state index in [9.17, 15) is 0 Å². The number of aliphatic hydroxyl groups excluding tert-OH is 1. The molecule has 1 aromatic heterocycles. The molecule has 1 atom stereocenters. The Labute approximate surface area is 87.5 Å². The highest BCUT2D eigenvalue weighted by Gasteiger charge is 2.27. The summed E-state index contributed by atoms with van der Waals surface area (Å²) in [5, 5.41) is 12.9. The molecule has 1 unspecified atom stereocenters. The van der Waals surface area contributed by atoms with Crippen LogP contribution in [0.3, 0.4) is 0 Å². The fourth-order valence-corrected chi connectivity index (χ4v) is 2.04. The molecule has 5 heteroatoms. The van der Waals surface area contributed by atoms with Gasteiger partial charge in [0, 0.05) is 30.1 Å². The molecule has 1 fully saturated rings. The third-order valence-corrected chi connectivity index (χ3v) is 2.98. The lowest BCUT2D eigenvalue weighted by molar-refractivity contribution is 0.282. The van der Waals surface area contributed by atoms with Gasteiger partial charge in [-0.2, -0.15) is 4.37 Å². The largest absolute Gasteiger partial charge is 0.396 e. The van der Waals surface area contributed by atoms with Crippen LogP contribution in [0, 0.1) is 0 Å². The van der Waals surface area contributed by atoms with Crippen molar-refractivity contribution in [3.8, 4) is 0 Å². The Balaban J connectivity index is 1.88. The molecule has 0 aliphatic heterocycles. The second-order valence-corrected chi connectivity index (χ2v) is 4.54. The molecule has 0 saturated heterocycles. The Kier molecular flexibility index (Phi) is 2.98. The van der Waals surface area contributed by atoms with Crippen molar-refractivity contribution in [2.75, 3.05) is 11.9 Å². The fraction of sp³-hybridized carbons (Fsp3) is 0.778. The van der Waals surface area contributed by atoms with E-state index in [1.165, 1.54) is 24.4 Å². The lowest BCUT2D eigenvalue weighted by Gasteiger charge is -2.09. The van der Waals surface area contributed by atoms with Gasteiger partial charge in [0.25, 0.3) is 0 Å². The molecule has 0 spiro atoms. The van der Waals surface area contributed by atoms with Crippen LogP contribution in [-0.2, 0) is 0 Å². The highest BCUT2D eigenvalue weighted by Crippen LogP contribution is 2.39. The van der Waals surface area contributed by atoms with E-state index in [1.807, 2.05) is 6.92 Å². The SMILES string of the molecule is CC(CCO)Nc1nc(C2CC2)ns1. The van der Waals surface area contributed by atoms with Gasteiger partial charge in [0.05, 0.1) is 0 Å². The maximum Gasteiger partial charge on any atom is 0.202 e. The predicted molar refractivity (Wildman–Crippen MR) is 56.7 cm³/mol. The predicted octanol–water partition coefficient (Wildman–Crippen LogP) is 1.60. The molecule has 1 aliphatic carbocycles. The second-order valence-electron chi connectivity index (χ2n) is 3.79. The molecule has 1 aliphatic rings. The Bertz CT molecular complexity index is 298. The summed E-state index contributed by atoms with van der Waals surface area (Å²) in [6.45, 7) is 2.25. The summed E-state index contributed by atoms with van der Waals surface area (Å²) in [5.41, 5.74) is 0. The van der Waals surface area contributed by atoms with E-state index in [1.54, 1.807) is 0 Å². The van der Waals surface area contributed by atoms with Crippen LogP contribution < -0.4 is 5.32 Å². The lowest BCUT2D eigenvalue weighted by Crippen LogP contribution is -2.16. The molecule has 2 N–H and O–H groups in total. The van der Waals surface area contributed by atoms with E-state index in [0.29, 0.717) is 5.92 Å². The summed E-state index contributed by atoms with van der Waals surface area (Å²) in [4.78, 5) is 4.41. The maximum atomic E-state index is 8.75. The first kappa shape index (κ1) is 9.86. The molecule has 1 aromatic rings. The number of hydrogen-bond acceptors (Lipinski definition) is 5. The number of aromatic nitrogens is 2. The van der Waals surface area contributed by atoms with Crippen LogP contribution in [0.1, 0.15) is 37.9 Å². The Morgan fingerprint density at radius 1 is 1.64 bits per heavy atom. The number of anilines is 1. The Morgan fingerprint density at radius 3 is 3.07 bits per heavy atom. The third-order valence-electron chi connectivity index (χ3n) is 2.32. The van der Waals surface area contributed by atoms with E-state index in [-0.39, 0.29) is 12.6 Å². The smallest absolute Gasteiger partial charge is 0.202 e. The lowest BCUT2D eigenvalue weighted by atomic mass is 10.2. The first-order valence-electron chi connectivity index (χ1n) is 5.00. The molecular weight excluding hydrogens is 198 g/mol. The summed E-state index contributed by atoms with van der Waals surface area (Å²) in [6.07, 6.45) is 3.23. The maximum absolute atomic E-state index is 8.75. The van der Waals surface area contributed by atoms with Crippen LogP contribution in [0.2, 0.25) is 0 Å². The number of nitrogens with one attached hydrogen (secondary N) is 1. The molecule has 4 nitrogen and oxygen atoms in total. The fourth-order valence-electron chi connectivity index (χ4n) is 1.28. The molecule has 14 heavy (non-hydrogen) atoms. The number of aliphatic hydroxyl groups is 1. The Morgan fingerprint density at radius 2 is 2.43 bits per heavy atom. The van der Waals surface area contributed by atoms with Crippen LogP contribution in [0.5, 0.6) is 0 Å². The van der Waals surface area contributed by atoms with Gasteiger partial charge in [0.15, 0.2) is 0 Å². The van der Waals surface area contributed by atoms with Crippen molar-refractivity contribution in [1.82, 2.24) is 9.36 Å². The summed E-state index contributed by atoms with van der Waals surface area (Å²) < 4.78 is 4.30. The highest BCUT2D eigenvalue weighted by atomic mass is 32.1. The number of rotatable bonds is 5. The molecule has 1 saturated carbocycles. The first-order chi connectivity index (χ1) is 6.79. The monoisotopic (exact) mass is 213 g/mol. The van der Waals surface area contributed by atoms with E-state index in [0.717, 1.165) is 17.4 Å². The van der Waals surface area contributed by atoms with Crippen LogP contribution in [0.4, 0.5) is 5.13 Å². The normalized spacial score (nSPS) is 18.1.